The fraction of sp³-hybridized carbons (Fsp3) is 0.417. The van der Waals surface area contributed by atoms with Gasteiger partial charge in [0.05, 0.1) is 10.8 Å². The summed E-state index contributed by atoms with van der Waals surface area (Å²) in [6.07, 6.45) is 1.84. The van der Waals surface area contributed by atoms with Gasteiger partial charge in [0.2, 0.25) is 21.8 Å². The molecule has 1 N–H and O–H groups in total. The van der Waals surface area contributed by atoms with Crippen molar-refractivity contribution in [2.75, 3.05) is 31.1 Å². The summed E-state index contributed by atoms with van der Waals surface area (Å²) in [5.74, 6) is -0.468. The maximum Gasteiger partial charge on any atom is 0.240 e. The third kappa shape index (κ3) is 5.57. The first-order chi connectivity index (χ1) is 15.7. The van der Waals surface area contributed by atoms with Crippen LogP contribution in [-0.2, 0) is 19.6 Å². The molecule has 2 heterocycles. The Morgan fingerprint density at radius 2 is 1.79 bits per heavy atom. The molecule has 2 fully saturated rings. The van der Waals surface area contributed by atoms with Gasteiger partial charge in [-0.1, -0.05) is 29.3 Å². The van der Waals surface area contributed by atoms with Gasteiger partial charge in [-0.3, -0.25) is 9.59 Å². The molecule has 2 aliphatic heterocycles. The first-order valence-electron chi connectivity index (χ1n) is 11.1. The lowest BCUT2D eigenvalue weighted by atomic mass is 9.96. The number of hydrogen-bond donors (Lipinski definition) is 1. The minimum Gasteiger partial charge on any atom is -0.342 e. The number of amides is 2. The third-order valence-corrected chi connectivity index (χ3v) is 8.03. The van der Waals surface area contributed by atoms with Gasteiger partial charge in [0.25, 0.3) is 0 Å². The molecule has 33 heavy (non-hydrogen) atoms. The van der Waals surface area contributed by atoms with Crippen LogP contribution in [0.4, 0.5) is 5.69 Å². The van der Waals surface area contributed by atoms with E-state index in [9.17, 15) is 18.0 Å². The zero-order chi connectivity index (χ0) is 23.6. The number of nitrogens with zero attached hydrogens (tertiary/aromatic N) is 2. The van der Waals surface area contributed by atoms with Gasteiger partial charge in [-0.2, -0.15) is 0 Å². The predicted octanol–water partition coefficient (Wildman–Crippen LogP) is 3.22. The number of carbonyl (C=O) groups is 2. The van der Waals surface area contributed by atoms with Crippen LogP contribution in [0.5, 0.6) is 0 Å². The van der Waals surface area contributed by atoms with Crippen LogP contribution in [0, 0.1) is 18.8 Å². The number of rotatable bonds is 6. The van der Waals surface area contributed by atoms with Crippen molar-refractivity contribution >= 4 is 39.1 Å². The van der Waals surface area contributed by atoms with E-state index in [1.54, 1.807) is 58.3 Å². The Morgan fingerprint density at radius 3 is 2.48 bits per heavy atom. The van der Waals surface area contributed by atoms with Gasteiger partial charge in [-0.05, 0) is 62.1 Å². The van der Waals surface area contributed by atoms with Crippen molar-refractivity contribution in [3.8, 4) is 0 Å². The molecule has 0 unspecified atom stereocenters. The Hall–Kier alpha value is -2.42. The maximum atomic E-state index is 13.2. The Balaban J connectivity index is 1.34. The van der Waals surface area contributed by atoms with E-state index in [1.165, 1.54) is 0 Å². The Bertz CT molecular complexity index is 1120. The van der Waals surface area contributed by atoms with Crippen LogP contribution in [-0.4, -0.2) is 51.3 Å². The van der Waals surface area contributed by atoms with Gasteiger partial charge in [0.1, 0.15) is 0 Å². The van der Waals surface area contributed by atoms with E-state index in [1.807, 2.05) is 6.92 Å². The fourth-order valence-corrected chi connectivity index (χ4v) is 5.70. The number of nitrogens with one attached hydrogen (secondary N) is 1. The average Bonchev–Trinajstić information content (AvgIpc) is 3.20. The molecule has 0 aromatic heterocycles. The predicted molar refractivity (Wildman–Crippen MR) is 128 cm³/mol. The van der Waals surface area contributed by atoms with Crippen LogP contribution in [0.2, 0.25) is 5.02 Å². The van der Waals surface area contributed by atoms with Crippen LogP contribution in [0.3, 0.4) is 0 Å². The number of sulfonamides is 1. The molecule has 0 saturated carbocycles. The molecule has 2 aromatic rings. The summed E-state index contributed by atoms with van der Waals surface area (Å²) in [6.45, 7) is 3.65. The van der Waals surface area contributed by atoms with Gasteiger partial charge in [-0.25, -0.2) is 13.1 Å². The normalized spacial score (nSPS) is 21.5. The van der Waals surface area contributed by atoms with E-state index in [0.29, 0.717) is 24.7 Å². The highest BCUT2D eigenvalue weighted by Gasteiger charge is 2.38. The highest BCUT2D eigenvalue weighted by Crippen LogP contribution is 2.29. The van der Waals surface area contributed by atoms with E-state index >= 15 is 0 Å². The summed E-state index contributed by atoms with van der Waals surface area (Å²) in [5, 5.41) is 0.593. The second kappa shape index (κ2) is 9.83. The smallest absolute Gasteiger partial charge is 0.240 e. The summed E-state index contributed by atoms with van der Waals surface area (Å²) in [5.41, 5.74) is 1.73. The van der Waals surface area contributed by atoms with Crippen molar-refractivity contribution in [3.63, 3.8) is 0 Å². The second-order valence-corrected chi connectivity index (χ2v) is 11.0. The summed E-state index contributed by atoms with van der Waals surface area (Å²) in [4.78, 5) is 29.4. The van der Waals surface area contributed by atoms with E-state index in [-0.39, 0.29) is 35.6 Å². The van der Waals surface area contributed by atoms with Gasteiger partial charge >= 0.3 is 0 Å². The SMILES string of the molecule is Cc1ccc(S(=O)(=O)NC[C@@H]2CCCN(C(=O)[C@H]3CC(=O)N(c4ccc(Cl)cc4)C3)C2)cc1. The van der Waals surface area contributed by atoms with Crippen molar-refractivity contribution in [2.45, 2.75) is 31.1 Å². The molecular formula is C24H28ClN3O4S. The van der Waals surface area contributed by atoms with E-state index in [0.717, 1.165) is 24.1 Å². The van der Waals surface area contributed by atoms with E-state index in [4.69, 9.17) is 11.6 Å². The van der Waals surface area contributed by atoms with E-state index < -0.39 is 15.9 Å². The lowest BCUT2D eigenvalue weighted by Gasteiger charge is -2.34. The molecule has 0 radical (unpaired) electrons. The molecule has 7 nitrogen and oxygen atoms in total. The lowest BCUT2D eigenvalue weighted by molar-refractivity contribution is -0.137. The van der Waals surface area contributed by atoms with Gasteiger partial charge in [0.15, 0.2) is 0 Å². The Labute approximate surface area is 199 Å². The van der Waals surface area contributed by atoms with Crippen molar-refractivity contribution < 1.29 is 18.0 Å². The summed E-state index contributed by atoms with van der Waals surface area (Å²) in [6, 6.07) is 13.8. The standard InChI is InChI=1S/C24H28ClN3O4S/c1-17-4-10-22(11-5-17)33(31,32)26-14-18-3-2-12-27(15-18)24(30)19-13-23(29)28(16-19)21-8-6-20(25)7-9-21/h4-11,18-19,26H,2-3,12-16H2,1H3/t18-,19-/m0/s1. The molecule has 2 atom stereocenters. The van der Waals surface area contributed by atoms with Crippen LogP contribution in [0.15, 0.2) is 53.4 Å². The van der Waals surface area contributed by atoms with Crippen LogP contribution in [0.1, 0.15) is 24.8 Å². The van der Waals surface area contributed by atoms with Crippen molar-refractivity contribution in [2.24, 2.45) is 11.8 Å². The second-order valence-electron chi connectivity index (χ2n) is 8.84. The molecule has 2 amide bonds. The molecule has 4 rings (SSSR count). The number of aryl methyl sites for hydroxylation is 1. The number of halogens is 1. The Morgan fingerprint density at radius 1 is 1.09 bits per heavy atom. The molecule has 0 spiro atoms. The Kier molecular flexibility index (Phi) is 7.07. The molecule has 0 bridgehead atoms. The zero-order valence-corrected chi connectivity index (χ0v) is 20.1. The third-order valence-electron chi connectivity index (χ3n) is 6.34. The molecule has 0 aliphatic carbocycles. The van der Waals surface area contributed by atoms with Crippen molar-refractivity contribution in [1.29, 1.82) is 0 Å². The maximum absolute atomic E-state index is 13.2. The van der Waals surface area contributed by atoms with Crippen LogP contribution >= 0.6 is 11.6 Å². The number of likely N-dealkylation sites (tertiary alicyclic amines) is 1. The zero-order valence-electron chi connectivity index (χ0n) is 18.5. The fourth-order valence-electron chi connectivity index (χ4n) is 4.46. The monoisotopic (exact) mass is 489 g/mol. The highest BCUT2D eigenvalue weighted by molar-refractivity contribution is 7.89. The average molecular weight is 490 g/mol. The number of carbonyl (C=O) groups excluding carboxylic acids is 2. The molecule has 2 aromatic carbocycles. The topological polar surface area (TPSA) is 86.8 Å². The number of hydrogen-bond acceptors (Lipinski definition) is 4. The quantitative estimate of drug-likeness (QED) is 0.675. The number of piperidine rings is 1. The van der Waals surface area contributed by atoms with Gasteiger partial charge < -0.3 is 9.80 Å². The largest absolute Gasteiger partial charge is 0.342 e. The minimum atomic E-state index is -3.59. The summed E-state index contributed by atoms with van der Waals surface area (Å²) < 4.78 is 27.9. The van der Waals surface area contributed by atoms with E-state index in [2.05, 4.69) is 4.72 Å². The molecule has 2 aliphatic rings. The molecule has 9 heteroatoms. The molecule has 2 saturated heterocycles. The lowest BCUT2D eigenvalue weighted by Crippen LogP contribution is -2.46. The first kappa shape index (κ1) is 23.7. The summed E-state index contributed by atoms with van der Waals surface area (Å²) >= 11 is 5.94. The van der Waals surface area contributed by atoms with Gasteiger partial charge in [0, 0.05) is 43.3 Å². The minimum absolute atomic E-state index is 0.0346. The first-order valence-corrected chi connectivity index (χ1v) is 13.0. The van der Waals surface area contributed by atoms with Gasteiger partial charge in [-0.15, -0.1) is 0 Å². The summed E-state index contributed by atoms with van der Waals surface area (Å²) in [7, 11) is -3.59. The highest BCUT2D eigenvalue weighted by atomic mass is 35.5. The van der Waals surface area contributed by atoms with Crippen molar-refractivity contribution in [3.05, 3.63) is 59.1 Å². The van der Waals surface area contributed by atoms with Crippen LogP contribution in [0.25, 0.3) is 0 Å². The molecule has 176 valence electrons. The number of benzene rings is 2. The van der Waals surface area contributed by atoms with Crippen molar-refractivity contribution in [1.82, 2.24) is 9.62 Å². The van der Waals surface area contributed by atoms with Crippen LogP contribution < -0.4 is 9.62 Å². The molecular weight excluding hydrogens is 462 g/mol. The number of anilines is 1.